The Kier molecular flexibility index (Phi) is 4.91. The van der Waals surface area contributed by atoms with Crippen molar-refractivity contribution in [2.45, 2.75) is 33.4 Å². The van der Waals surface area contributed by atoms with Crippen LogP contribution in [0.15, 0.2) is 36.4 Å². The molecule has 0 unspecified atom stereocenters. The van der Waals surface area contributed by atoms with E-state index < -0.39 is 0 Å². The molecule has 2 aromatic rings. The Morgan fingerprint density at radius 1 is 1.24 bits per heavy atom. The summed E-state index contributed by atoms with van der Waals surface area (Å²) in [5.74, 6) is 0.579. The predicted molar refractivity (Wildman–Crippen MR) is 85.4 cm³/mol. The second-order valence-electron chi connectivity index (χ2n) is 5.55. The molecule has 0 bridgehead atoms. The fourth-order valence-corrected chi connectivity index (χ4v) is 2.13. The lowest BCUT2D eigenvalue weighted by Crippen LogP contribution is -2.22. The molecule has 0 aliphatic rings. The molecular weight excluding hydrogens is 265 g/mol. The highest BCUT2D eigenvalue weighted by Crippen LogP contribution is 2.23. The minimum absolute atomic E-state index is 0.242. The van der Waals surface area contributed by atoms with Crippen molar-refractivity contribution in [3.8, 4) is 0 Å². The summed E-state index contributed by atoms with van der Waals surface area (Å²) in [6.07, 6.45) is 0. The molecule has 1 N–H and O–H groups in total. The van der Waals surface area contributed by atoms with Gasteiger partial charge in [0.15, 0.2) is 0 Å². The molecule has 0 spiro atoms. The molecule has 0 aliphatic heterocycles. The van der Waals surface area contributed by atoms with E-state index in [1.54, 1.807) is 6.07 Å². The number of anilines is 2. The van der Waals surface area contributed by atoms with Crippen molar-refractivity contribution in [2.24, 2.45) is 0 Å². The Morgan fingerprint density at radius 3 is 2.67 bits per heavy atom. The minimum atomic E-state index is -0.242. The monoisotopic (exact) mass is 287 g/mol. The standard InChI is InChI=1S/C17H22FN3/c1-12(2)19-11-14-8-13(3)20-17(9-14)21(4)16-7-5-6-15(18)10-16/h5-10,12,19H,11H2,1-4H3. The smallest absolute Gasteiger partial charge is 0.133 e. The summed E-state index contributed by atoms with van der Waals surface area (Å²) in [6.45, 7) is 7.01. The van der Waals surface area contributed by atoms with E-state index >= 15 is 0 Å². The Morgan fingerprint density at radius 2 is 2.00 bits per heavy atom. The van der Waals surface area contributed by atoms with Gasteiger partial charge in [0.1, 0.15) is 11.6 Å². The van der Waals surface area contributed by atoms with E-state index in [0.29, 0.717) is 6.04 Å². The van der Waals surface area contributed by atoms with Crippen molar-refractivity contribution in [2.75, 3.05) is 11.9 Å². The molecule has 0 saturated heterocycles. The average Bonchev–Trinajstić information content (AvgIpc) is 2.43. The zero-order valence-electron chi connectivity index (χ0n) is 13.0. The maximum Gasteiger partial charge on any atom is 0.133 e. The van der Waals surface area contributed by atoms with Gasteiger partial charge in [-0.05, 0) is 42.8 Å². The highest BCUT2D eigenvalue weighted by molar-refractivity contribution is 5.59. The Hall–Kier alpha value is -1.94. The largest absolute Gasteiger partial charge is 0.329 e. The van der Waals surface area contributed by atoms with E-state index in [-0.39, 0.29) is 5.82 Å². The first-order chi connectivity index (χ1) is 9.95. The Labute approximate surface area is 125 Å². The quantitative estimate of drug-likeness (QED) is 0.906. The highest BCUT2D eigenvalue weighted by Gasteiger charge is 2.08. The number of hydrogen-bond acceptors (Lipinski definition) is 3. The molecule has 3 nitrogen and oxygen atoms in total. The van der Waals surface area contributed by atoms with Crippen LogP contribution in [0, 0.1) is 12.7 Å². The topological polar surface area (TPSA) is 28.2 Å². The van der Waals surface area contributed by atoms with Gasteiger partial charge in [-0.25, -0.2) is 9.37 Å². The van der Waals surface area contributed by atoms with Gasteiger partial charge >= 0.3 is 0 Å². The van der Waals surface area contributed by atoms with Crippen LogP contribution in [0.3, 0.4) is 0 Å². The Bertz CT molecular complexity index is 611. The van der Waals surface area contributed by atoms with Gasteiger partial charge in [0.05, 0.1) is 0 Å². The molecule has 1 aromatic heterocycles. The lowest BCUT2D eigenvalue weighted by Gasteiger charge is -2.20. The summed E-state index contributed by atoms with van der Waals surface area (Å²) in [6, 6.07) is 11.1. The number of nitrogens with zero attached hydrogens (tertiary/aromatic N) is 2. The van der Waals surface area contributed by atoms with Crippen LogP contribution in [0.25, 0.3) is 0 Å². The average molecular weight is 287 g/mol. The first-order valence-corrected chi connectivity index (χ1v) is 7.16. The van der Waals surface area contributed by atoms with Gasteiger partial charge in [-0.2, -0.15) is 0 Å². The van der Waals surface area contributed by atoms with Gasteiger partial charge in [0.2, 0.25) is 0 Å². The molecule has 0 radical (unpaired) electrons. The van der Waals surface area contributed by atoms with Gasteiger partial charge in [-0.1, -0.05) is 19.9 Å². The number of benzene rings is 1. The SMILES string of the molecule is Cc1cc(CNC(C)C)cc(N(C)c2cccc(F)c2)n1. The molecule has 112 valence electrons. The Balaban J connectivity index is 2.26. The van der Waals surface area contributed by atoms with E-state index in [4.69, 9.17) is 0 Å². The van der Waals surface area contributed by atoms with Crippen LogP contribution in [0.1, 0.15) is 25.1 Å². The van der Waals surface area contributed by atoms with E-state index in [2.05, 4.69) is 30.2 Å². The predicted octanol–water partition coefficient (Wildman–Crippen LogP) is 3.80. The third kappa shape index (κ3) is 4.26. The van der Waals surface area contributed by atoms with E-state index in [0.717, 1.165) is 23.7 Å². The summed E-state index contributed by atoms with van der Waals surface area (Å²) >= 11 is 0. The molecule has 1 aromatic carbocycles. The number of aromatic nitrogens is 1. The molecule has 2 rings (SSSR count). The summed E-state index contributed by atoms with van der Waals surface area (Å²) in [5.41, 5.74) is 2.92. The van der Waals surface area contributed by atoms with Crippen molar-refractivity contribution >= 4 is 11.5 Å². The van der Waals surface area contributed by atoms with Gasteiger partial charge in [-0.15, -0.1) is 0 Å². The summed E-state index contributed by atoms with van der Waals surface area (Å²) < 4.78 is 13.4. The van der Waals surface area contributed by atoms with E-state index in [1.165, 1.54) is 17.7 Å². The molecule has 0 aliphatic carbocycles. The maximum absolute atomic E-state index is 13.4. The fraction of sp³-hybridized carbons (Fsp3) is 0.353. The molecule has 21 heavy (non-hydrogen) atoms. The van der Waals surface area contributed by atoms with Crippen LogP contribution in [-0.4, -0.2) is 18.1 Å². The number of pyridine rings is 1. The minimum Gasteiger partial charge on any atom is -0.329 e. The van der Waals surface area contributed by atoms with E-state index in [1.807, 2.05) is 31.0 Å². The van der Waals surface area contributed by atoms with Crippen molar-refractivity contribution < 1.29 is 4.39 Å². The summed E-state index contributed by atoms with van der Waals surface area (Å²) in [4.78, 5) is 6.44. The third-order valence-electron chi connectivity index (χ3n) is 3.25. The first kappa shape index (κ1) is 15.4. The molecule has 0 saturated carbocycles. The van der Waals surface area contributed by atoms with Gasteiger partial charge in [-0.3, -0.25) is 0 Å². The van der Waals surface area contributed by atoms with Crippen LogP contribution in [-0.2, 0) is 6.54 Å². The second-order valence-corrected chi connectivity index (χ2v) is 5.55. The van der Waals surface area contributed by atoms with Crippen molar-refractivity contribution in [3.05, 3.63) is 53.5 Å². The number of rotatable bonds is 5. The zero-order valence-corrected chi connectivity index (χ0v) is 13.0. The molecule has 0 atom stereocenters. The zero-order chi connectivity index (χ0) is 15.4. The lowest BCUT2D eigenvalue weighted by atomic mass is 10.2. The number of halogens is 1. The van der Waals surface area contributed by atoms with Crippen molar-refractivity contribution in [1.82, 2.24) is 10.3 Å². The maximum atomic E-state index is 13.4. The molecule has 0 amide bonds. The van der Waals surface area contributed by atoms with Gasteiger partial charge in [0, 0.05) is 31.0 Å². The highest BCUT2D eigenvalue weighted by atomic mass is 19.1. The number of aryl methyl sites for hydroxylation is 1. The molecule has 0 fully saturated rings. The van der Waals surface area contributed by atoms with Gasteiger partial charge in [0.25, 0.3) is 0 Å². The van der Waals surface area contributed by atoms with Crippen LogP contribution in [0.2, 0.25) is 0 Å². The summed E-state index contributed by atoms with van der Waals surface area (Å²) in [5, 5.41) is 3.40. The van der Waals surface area contributed by atoms with Crippen molar-refractivity contribution in [1.29, 1.82) is 0 Å². The van der Waals surface area contributed by atoms with Crippen LogP contribution in [0.4, 0.5) is 15.9 Å². The van der Waals surface area contributed by atoms with Crippen molar-refractivity contribution in [3.63, 3.8) is 0 Å². The third-order valence-corrected chi connectivity index (χ3v) is 3.25. The van der Waals surface area contributed by atoms with E-state index in [9.17, 15) is 4.39 Å². The summed E-state index contributed by atoms with van der Waals surface area (Å²) in [7, 11) is 1.90. The molecule has 1 heterocycles. The fourth-order valence-electron chi connectivity index (χ4n) is 2.13. The van der Waals surface area contributed by atoms with Crippen LogP contribution >= 0.6 is 0 Å². The number of nitrogens with one attached hydrogen (secondary N) is 1. The van der Waals surface area contributed by atoms with Gasteiger partial charge < -0.3 is 10.2 Å². The number of hydrogen-bond donors (Lipinski definition) is 1. The normalized spacial score (nSPS) is 11.0. The van der Waals surface area contributed by atoms with Crippen LogP contribution in [0.5, 0.6) is 0 Å². The molecular formula is C17H22FN3. The lowest BCUT2D eigenvalue weighted by molar-refractivity contribution is 0.588. The second kappa shape index (κ2) is 6.68. The molecule has 4 heteroatoms. The van der Waals surface area contributed by atoms with Crippen LogP contribution < -0.4 is 10.2 Å². The first-order valence-electron chi connectivity index (χ1n) is 7.16.